The van der Waals surface area contributed by atoms with Crippen molar-refractivity contribution in [3.63, 3.8) is 0 Å². The van der Waals surface area contributed by atoms with Crippen LogP contribution in [-0.2, 0) is 42.8 Å². The number of unbranched alkanes of at least 4 members (excludes halogenated alkanes) is 30. The van der Waals surface area contributed by atoms with Crippen LogP contribution in [0.15, 0.2) is 12.2 Å². The van der Waals surface area contributed by atoms with Crippen molar-refractivity contribution in [1.29, 1.82) is 0 Å². The van der Waals surface area contributed by atoms with Gasteiger partial charge in [-0.05, 0) is 19.3 Å². The first-order chi connectivity index (χ1) is 41.9. The van der Waals surface area contributed by atoms with E-state index in [1.54, 1.807) is 6.08 Å². The molecule has 0 spiro atoms. The van der Waals surface area contributed by atoms with E-state index >= 15 is 0 Å². The van der Waals surface area contributed by atoms with Crippen molar-refractivity contribution in [3.05, 3.63) is 12.2 Å². The molecular formula is C64H118N2O21. The molecule has 0 saturated carbocycles. The summed E-state index contributed by atoms with van der Waals surface area (Å²) in [7, 11) is 0. The molecule has 3 aliphatic heterocycles. The summed E-state index contributed by atoms with van der Waals surface area (Å²) in [6, 6.07) is -2.61. The molecule has 0 aliphatic carbocycles. The number of rotatable bonds is 50. The van der Waals surface area contributed by atoms with Crippen LogP contribution in [0.1, 0.15) is 239 Å². The van der Waals surface area contributed by atoms with E-state index in [0.717, 1.165) is 51.9 Å². The molecule has 0 radical (unpaired) electrons. The zero-order valence-corrected chi connectivity index (χ0v) is 52.9. The highest BCUT2D eigenvalue weighted by Crippen LogP contribution is 2.39. The SMILES string of the molecule is CCCCCCCCCCCCCCCCC/C=C/C(O)C(COC1OC(CO)C(OC2OC(CO)C(O)C(OC3(C(=O)O)CC(O)C(NC(C)=O)C(C(O)C(O)CO)O3)C2O)C(O)C1O)NC(=O)CCCCCCCCCCCCCCCCCC. The number of amides is 2. The Bertz CT molecular complexity index is 1820. The summed E-state index contributed by atoms with van der Waals surface area (Å²) >= 11 is 0. The second kappa shape index (κ2) is 45.7. The average Bonchev–Trinajstić information content (AvgIpc) is 1.21. The lowest BCUT2D eigenvalue weighted by molar-refractivity contribution is -0.386. The van der Waals surface area contributed by atoms with Gasteiger partial charge < -0.3 is 100 Å². The molecule has 3 saturated heterocycles. The van der Waals surface area contributed by atoms with Gasteiger partial charge in [0, 0.05) is 19.8 Å². The minimum absolute atomic E-state index is 0.205. The van der Waals surface area contributed by atoms with E-state index < -0.39 is 155 Å². The standard InChI is InChI=1S/C64H118N2O21/c1-4-6-8-10-12-14-16-18-20-22-23-25-27-29-31-33-35-37-46(71)45(66-51(74)38-36-34-32-30-28-26-24-21-19-17-15-13-11-9-7-5-2)43-82-61-56(78)55(77)58(50(42-69)84-61)85-62-57(79)60(54(76)49(41-68)83-62)87-64(63(80)81)39-47(72)52(65-44(3)70)59(86-64)53(75)48(73)40-67/h35,37,45-50,52-62,67-69,71-73,75-79H,4-34,36,38-43H2,1-3H3,(H,65,70)(H,66,74)(H,80,81)/b37-35+. The Hall–Kier alpha value is -2.53. The summed E-state index contributed by atoms with van der Waals surface area (Å²) in [5, 5.41) is 136. The van der Waals surface area contributed by atoms with E-state index in [1.165, 1.54) is 148 Å². The number of ether oxygens (including phenoxy) is 6. The molecule has 3 rings (SSSR count). The molecule has 0 aromatic carbocycles. The van der Waals surface area contributed by atoms with E-state index in [4.69, 9.17) is 28.4 Å². The van der Waals surface area contributed by atoms with Crippen molar-refractivity contribution < 1.29 is 104 Å². The Kier molecular flexibility index (Phi) is 41.3. The van der Waals surface area contributed by atoms with Crippen LogP contribution in [-0.4, -0.2) is 215 Å². The van der Waals surface area contributed by atoms with Gasteiger partial charge in [0.1, 0.15) is 67.1 Å². The lowest BCUT2D eigenvalue weighted by atomic mass is 9.88. The molecule has 3 aliphatic rings. The van der Waals surface area contributed by atoms with Gasteiger partial charge in [0.2, 0.25) is 11.8 Å². The molecule has 18 unspecified atom stereocenters. The molecule has 87 heavy (non-hydrogen) atoms. The van der Waals surface area contributed by atoms with Crippen molar-refractivity contribution in [1.82, 2.24) is 10.6 Å². The van der Waals surface area contributed by atoms with Gasteiger partial charge in [-0.15, -0.1) is 0 Å². The molecular weight excluding hydrogens is 1130 g/mol. The summed E-state index contributed by atoms with van der Waals surface area (Å²) in [6.07, 6.45) is 12.5. The highest BCUT2D eigenvalue weighted by Gasteiger charge is 2.60. The monoisotopic (exact) mass is 1250 g/mol. The zero-order chi connectivity index (χ0) is 64.0. The fraction of sp³-hybridized carbons (Fsp3) is 0.922. The number of carbonyl (C=O) groups is 3. The minimum Gasteiger partial charge on any atom is -0.477 e. The minimum atomic E-state index is -3.08. The van der Waals surface area contributed by atoms with Gasteiger partial charge >= 0.3 is 5.97 Å². The normalized spacial score (nSPS) is 29.2. The number of carbonyl (C=O) groups excluding carboxylic acids is 2. The Morgan fingerprint density at radius 2 is 1.07 bits per heavy atom. The van der Waals surface area contributed by atoms with Crippen LogP contribution in [0.5, 0.6) is 0 Å². The van der Waals surface area contributed by atoms with Crippen molar-refractivity contribution in [2.75, 3.05) is 26.4 Å². The number of carboxylic acid groups (broad SMARTS) is 1. The van der Waals surface area contributed by atoms with Crippen LogP contribution in [0.4, 0.5) is 0 Å². The van der Waals surface area contributed by atoms with E-state index in [1.807, 2.05) is 6.08 Å². The lowest BCUT2D eigenvalue weighted by Gasteiger charge is -2.50. The van der Waals surface area contributed by atoms with Crippen molar-refractivity contribution in [2.24, 2.45) is 0 Å². The molecule has 0 aromatic heterocycles. The molecule has 510 valence electrons. The van der Waals surface area contributed by atoms with Gasteiger partial charge in [-0.2, -0.15) is 0 Å². The summed E-state index contributed by atoms with van der Waals surface area (Å²) in [5.74, 6) is -6.14. The molecule has 0 bridgehead atoms. The first-order valence-corrected chi connectivity index (χ1v) is 33.6. The van der Waals surface area contributed by atoms with Crippen LogP contribution in [0.25, 0.3) is 0 Å². The predicted octanol–water partition coefficient (Wildman–Crippen LogP) is 5.12. The Morgan fingerprint density at radius 1 is 0.598 bits per heavy atom. The number of allylic oxidation sites excluding steroid dienone is 1. The third-order valence-electron chi connectivity index (χ3n) is 17.2. The number of carboxylic acids is 1. The van der Waals surface area contributed by atoms with E-state index in [2.05, 4.69) is 24.5 Å². The van der Waals surface area contributed by atoms with E-state index in [-0.39, 0.29) is 12.3 Å². The number of aliphatic hydroxyl groups is 11. The fourth-order valence-electron chi connectivity index (χ4n) is 11.8. The fourth-order valence-corrected chi connectivity index (χ4v) is 11.8. The van der Waals surface area contributed by atoms with Gasteiger partial charge in [0.05, 0.1) is 50.7 Å². The van der Waals surface area contributed by atoms with Crippen molar-refractivity contribution >= 4 is 17.8 Å². The summed E-state index contributed by atoms with van der Waals surface area (Å²) in [4.78, 5) is 38.5. The molecule has 14 N–H and O–H groups in total. The van der Waals surface area contributed by atoms with Gasteiger partial charge in [0.25, 0.3) is 5.79 Å². The first-order valence-electron chi connectivity index (χ1n) is 33.6. The zero-order valence-electron chi connectivity index (χ0n) is 52.9. The Morgan fingerprint density at radius 3 is 1.53 bits per heavy atom. The third-order valence-corrected chi connectivity index (χ3v) is 17.2. The molecule has 18 atom stereocenters. The van der Waals surface area contributed by atoms with Crippen LogP contribution in [0, 0.1) is 0 Å². The quantitative estimate of drug-likeness (QED) is 0.0278. The maximum atomic E-state index is 13.4. The van der Waals surface area contributed by atoms with Crippen molar-refractivity contribution in [2.45, 2.75) is 349 Å². The van der Waals surface area contributed by atoms with Gasteiger partial charge in [0.15, 0.2) is 12.6 Å². The van der Waals surface area contributed by atoms with Crippen LogP contribution < -0.4 is 10.6 Å². The van der Waals surface area contributed by atoms with Crippen LogP contribution in [0.3, 0.4) is 0 Å². The van der Waals surface area contributed by atoms with Crippen molar-refractivity contribution in [3.8, 4) is 0 Å². The molecule has 23 heteroatoms. The highest BCUT2D eigenvalue weighted by molar-refractivity contribution is 5.77. The molecule has 2 amide bonds. The Balaban J connectivity index is 1.63. The number of nitrogens with one attached hydrogen (secondary N) is 2. The summed E-state index contributed by atoms with van der Waals surface area (Å²) in [6.45, 7) is 2.14. The molecule has 0 aromatic rings. The topological polar surface area (TPSA) is 373 Å². The lowest BCUT2D eigenvalue weighted by Crippen LogP contribution is -2.70. The molecule has 3 fully saturated rings. The number of hydrogen-bond donors (Lipinski definition) is 14. The van der Waals surface area contributed by atoms with Gasteiger partial charge in [-0.3, -0.25) is 9.59 Å². The average molecular weight is 1250 g/mol. The number of aliphatic hydroxyl groups excluding tert-OH is 11. The number of aliphatic carboxylic acids is 1. The van der Waals surface area contributed by atoms with E-state index in [9.17, 15) is 75.7 Å². The summed E-state index contributed by atoms with van der Waals surface area (Å²) in [5.41, 5.74) is 0. The maximum Gasteiger partial charge on any atom is 0.364 e. The first kappa shape index (κ1) is 78.7. The molecule has 3 heterocycles. The maximum absolute atomic E-state index is 13.4. The number of hydrogen-bond acceptors (Lipinski definition) is 20. The summed E-state index contributed by atoms with van der Waals surface area (Å²) < 4.78 is 34.8. The van der Waals surface area contributed by atoms with Gasteiger partial charge in [-0.25, -0.2) is 4.79 Å². The Labute approximate surface area is 518 Å². The highest BCUT2D eigenvalue weighted by atomic mass is 16.8. The van der Waals surface area contributed by atoms with Gasteiger partial charge in [-0.1, -0.05) is 212 Å². The van der Waals surface area contributed by atoms with Crippen LogP contribution >= 0.6 is 0 Å². The van der Waals surface area contributed by atoms with Crippen LogP contribution in [0.2, 0.25) is 0 Å². The second-order valence-corrected chi connectivity index (χ2v) is 24.7. The smallest absolute Gasteiger partial charge is 0.364 e. The van der Waals surface area contributed by atoms with E-state index in [0.29, 0.717) is 12.8 Å². The largest absolute Gasteiger partial charge is 0.477 e. The predicted molar refractivity (Wildman–Crippen MR) is 325 cm³/mol. The molecule has 23 nitrogen and oxygen atoms in total. The third kappa shape index (κ3) is 28.9. The second-order valence-electron chi connectivity index (χ2n) is 24.7.